The van der Waals surface area contributed by atoms with Crippen LogP contribution in [0.2, 0.25) is 0 Å². The third-order valence-electron chi connectivity index (χ3n) is 3.06. The lowest BCUT2D eigenvalue weighted by Crippen LogP contribution is -2.12. The molecule has 0 amide bonds. The van der Waals surface area contributed by atoms with Gasteiger partial charge in [0.1, 0.15) is 5.01 Å². The molecule has 2 N–H and O–H groups in total. The van der Waals surface area contributed by atoms with E-state index in [1.165, 1.54) is 17.4 Å². The number of rotatable bonds is 2. The summed E-state index contributed by atoms with van der Waals surface area (Å²) in [6.07, 6.45) is 0. The maximum Gasteiger partial charge on any atom is 0.238 e. The van der Waals surface area contributed by atoms with Gasteiger partial charge in [0.05, 0.1) is 15.1 Å². The van der Waals surface area contributed by atoms with E-state index in [0.29, 0.717) is 0 Å². The van der Waals surface area contributed by atoms with Crippen LogP contribution >= 0.6 is 23.7 Å². The second-order valence-corrected chi connectivity index (χ2v) is 7.10. The van der Waals surface area contributed by atoms with Crippen molar-refractivity contribution in [3.8, 4) is 10.6 Å². The number of aromatic nitrogens is 1. The van der Waals surface area contributed by atoms with Gasteiger partial charge < -0.3 is 0 Å². The van der Waals surface area contributed by atoms with E-state index in [1.54, 1.807) is 12.1 Å². The Labute approximate surface area is 133 Å². The summed E-state index contributed by atoms with van der Waals surface area (Å²) in [6.45, 7) is 1.92. The Morgan fingerprint density at radius 2 is 1.86 bits per heavy atom. The lowest BCUT2D eigenvalue weighted by Gasteiger charge is -2.05. The molecular weight excluding hydrogens is 328 g/mol. The van der Waals surface area contributed by atoms with E-state index in [4.69, 9.17) is 5.14 Å². The number of sulfonamides is 1. The lowest BCUT2D eigenvalue weighted by molar-refractivity contribution is 0.598. The minimum absolute atomic E-state index is 0. The smallest absolute Gasteiger partial charge is 0.236 e. The first-order chi connectivity index (χ1) is 9.45. The number of halogens is 1. The zero-order valence-corrected chi connectivity index (χ0v) is 13.6. The van der Waals surface area contributed by atoms with Crippen molar-refractivity contribution in [3.63, 3.8) is 0 Å². The Hall–Kier alpha value is -1.47. The first kappa shape index (κ1) is 15.9. The van der Waals surface area contributed by atoms with E-state index in [1.807, 2.05) is 31.2 Å². The Balaban J connectivity index is 0.00000161. The molecule has 21 heavy (non-hydrogen) atoms. The van der Waals surface area contributed by atoms with E-state index in [-0.39, 0.29) is 17.3 Å². The third-order valence-corrected chi connectivity index (χ3v) is 5.04. The number of thiazole rings is 1. The minimum atomic E-state index is -3.70. The summed E-state index contributed by atoms with van der Waals surface area (Å²) in [5, 5.41) is 5.98. The van der Waals surface area contributed by atoms with Crippen LogP contribution in [0.1, 0.15) is 5.56 Å². The van der Waals surface area contributed by atoms with Gasteiger partial charge in [-0.05, 0) is 36.8 Å². The van der Waals surface area contributed by atoms with Crippen molar-refractivity contribution in [3.05, 3.63) is 48.0 Å². The molecule has 1 heterocycles. The molecule has 0 aliphatic carbocycles. The molecule has 0 spiro atoms. The highest BCUT2D eigenvalue weighted by Crippen LogP contribution is 2.32. The van der Waals surface area contributed by atoms with Crippen LogP contribution in [-0.2, 0) is 10.0 Å². The van der Waals surface area contributed by atoms with Crippen LogP contribution in [0, 0.1) is 6.92 Å². The van der Waals surface area contributed by atoms with Crippen LogP contribution in [0.15, 0.2) is 47.4 Å². The topological polar surface area (TPSA) is 73.1 Å². The van der Waals surface area contributed by atoms with Crippen LogP contribution < -0.4 is 5.14 Å². The van der Waals surface area contributed by atoms with Gasteiger partial charge in [0.2, 0.25) is 10.0 Å². The van der Waals surface area contributed by atoms with Crippen molar-refractivity contribution in [1.29, 1.82) is 0 Å². The number of hydrogen-bond donors (Lipinski definition) is 1. The van der Waals surface area contributed by atoms with E-state index >= 15 is 0 Å². The molecule has 0 atom stereocenters. The number of nitrogens with zero attached hydrogens (tertiary/aromatic N) is 1. The molecule has 2 aromatic carbocycles. The number of hydrogen-bond acceptors (Lipinski definition) is 4. The molecule has 0 saturated carbocycles. The summed E-state index contributed by atoms with van der Waals surface area (Å²) < 4.78 is 24.0. The number of fused-ring (bicyclic) bond motifs is 1. The van der Waals surface area contributed by atoms with Gasteiger partial charge in [-0.25, -0.2) is 18.5 Å². The number of benzene rings is 2. The third kappa shape index (κ3) is 3.08. The second-order valence-electron chi connectivity index (χ2n) is 4.51. The van der Waals surface area contributed by atoms with E-state index in [2.05, 4.69) is 4.98 Å². The Bertz CT molecular complexity index is 871. The van der Waals surface area contributed by atoms with Crippen molar-refractivity contribution in [1.82, 2.24) is 4.98 Å². The van der Waals surface area contributed by atoms with Crippen LogP contribution in [0.25, 0.3) is 20.8 Å². The summed E-state index contributed by atoms with van der Waals surface area (Å²) in [4.78, 5) is 4.66. The predicted octanol–water partition coefficient (Wildman–Crippen LogP) is 3.34. The molecular formula is C14H13ClN2O2S2. The quantitative estimate of drug-likeness (QED) is 0.777. The Morgan fingerprint density at radius 1 is 1.14 bits per heavy atom. The number of primary sulfonamides is 1. The van der Waals surface area contributed by atoms with Gasteiger partial charge in [0.15, 0.2) is 0 Å². The zero-order valence-electron chi connectivity index (χ0n) is 11.1. The molecule has 7 heteroatoms. The molecule has 0 aliphatic rings. The standard InChI is InChI=1S/C14H12N2O2S2.ClH/c1-9-6-7-10(20(15,17)18)8-11(9)14-16-12-4-2-3-5-13(12)19-14;/h2-8H,1H3,(H2,15,17,18);1H. The van der Waals surface area contributed by atoms with E-state index in [0.717, 1.165) is 26.4 Å². The lowest BCUT2D eigenvalue weighted by atomic mass is 10.1. The van der Waals surface area contributed by atoms with Crippen LogP contribution in [-0.4, -0.2) is 13.4 Å². The summed E-state index contributed by atoms with van der Waals surface area (Å²) in [6, 6.07) is 12.7. The van der Waals surface area contributed by atoms with Gasteiger partial charge in [0.25, 0.3) is 0 Å². The van der Waals surface area contributed by atoms with Gasteiger partial charge in [-0.15, -0.1) is 23.7 Å². The van der Waals surface area contributed by atoms with Gasteiger partial charge in [-0.1, -0.05) is 18.2 Å². The van der Waals surface area contributed by atoms with Crippen LogP contribution in [0.4, 0.5) is 0 Å². The highest BCUT2D eigenvalue weighted by Gasteiger charge is 2.13. The van der Waals surface area contributed by atoms with Crippen molar-refractivity contribution in [2.75, 3.05) is 0 Å². The fraction of sp³-hybridized carbons (Fsp3) is 0.0714. The zero-order chi connectivity index (χ0) is 14.3. The first-order valence-corrected chi connectivity index (χ1v) is 8.31. The monoisotopic (exact) mass is 340 g/mol. The molecule has 0 unspecified atom stereocenters. The van der Waals surface area contributed by atoms with Crippen LogP contribution in [0.5, 0.6) is 0 Å². The van der Waals surface area contributed by atoms with E-state index in [9.17, 15) is 8.42 Å². The first-order valence-electron chi connectivity index (χ1n) is 5.94. The van der Waals surface area contributed by atoms with Gasteiger partial charge in [-0.2, -0.15) is 0 Å². The number of para-hydroxylation sites is 1. The molecule has 0 fully saturated rings. The molecule has 3 aromatic rings. The summed E-state index contributed by atoms with van der Waals surface area (Å²) in [7, 11) is -3.70. The number of nitrogens with two attached hydrogens (primary N) is 1. The SMILES string of the molecule is Cc1ccc(S(N)(=O)=O)cc1-c1nc2ccccc2s1.Cl. The highest BCUT2D eigenvalue weighted by molar-refractivity contribution is 7.89. The maximum atomic E-state index is 11.5. The molecule has 3 rings (SSSR count). The largest absolute Gasteiger partial charge is 0.238 e. The van der Waals surface area contributed by atoms with Crippen molar-refractivity contribution in [2.45, 2.75) is 11.8 Å². The fourth-order valence-corrected chi connectivity index (χ4v) is 3.58. The van der Waals surface area contributed by atoms with E-state index < -0.39 is 10.0 Å². The summed E-state index contributed by atoms with van der Waals surface area (Å²) in [5.74, 6) is 0. The molecule has 4 nitrogen and oxygen atoms in total. The molecule has 0 aliphatic heterocycles. The summed E-state index contributed by atoms with van der Waals surface area (Å²) >= 11 is 1.54. The van der Waals surface area contributed by atoms with Crippen molar-refractivity contribution >= 4 is 44.0 Å². The fourth-order valence-electron chi connectivity index (χ4n) is 2.00. The summed E-state index contributed by atoms with van der Waals surface area (Å²) in [5.41, 5.74) is 2.68. The van der Waals surface area contributed by atoms with Crippen LogP contribution in [0.3, 0.4) is 0 Å². The second kappa shape index (κ2) is 5.73. The highest BCUT2D eigenvalue weighted by atomic mass is 35.5. The minimum Gasteiger partial charge on any atom is -0.236 e. The molecule has 110 valence electrons. The Kier molecular flexibility index (Phi) is 4.34. The van der Waals surface area contributed by atoms with Crippen molar-refractivity contribution in [2.24, 2.45) is 5.14 Å². The van der Waals surface area contributed by atoms with Crippen molar-refractivity contribution < 1.29 is 8.42 Å². The maximum absolute atomic E-state index is 11.5. The molecule has 0 bridgehead atoms. The Morgan fingerprint density at radius 3 is 2.52 bits per heavy atom. The van der Waals surface area contributed by atoms with Gasteiger partial charge in [-0.3, -0.25) is 0 Å². The normalized spacial score (nSPS) is 11.3. The average molecular weight is 341 g/mol. The number of aryl methyl sites for hydroxylation is 1. The van der Waals surface area contributed by atoms with Gasteiger partial charge in [0, 0.05) is 5.56 Å². The molecule has 0 saturated heterocycles. The molecule has 0 radical (unpaired) electrons. The average Bonchev–Trinajstić information content (AvgIpc) is 2.81. The predicted molar refractivity (Wildman–Crippen MR) is 88.4 cm³/mol. The molecule has 1 aromatic heterocycles. The van der Waals surface area contributed by atoms with Gasteiger partial charge >= 0.3 is 0 Å².